The number of ether oxygens (including phenoxy) is 1. The van der Waals surface area contributed by atoms with E-state index in [0.29, 0.717) is 32.0 Å². The van der Waals surface area contributed by atoms with Gasteiger partial charge in [-0.15, -0.1) is 0 Å². The minimum Gasteiger partial charge on any atom is -0.380 e. The first kappa shape index (κ1) is 25.1. The second kappa shape index (κ2) is 9.90. The molecule has 0 spiro atoms. The fraction of sp³-hybridized carbons (Fsp3) is 0.417. The normalized spacial score (nSPS) is 17.9. The Labute approximate surface area is 199 Å². The van der Waals surface area contributed by atoms with E-state index in [1.165, 1.54) is 29.5 Å². The maximum atomic E-state index is 14.7. The molecule has 1 aromatic heterocycles. The lowest BCUT2D eigenvalue weighted by Gasteiger charge is -2.40. The lowest BCUT2D eigenvalue weighted by molar-refractivity contribution is -0.145. The van der Waals surface area contributed by atoms with Crippen molar-refractivity contribution >= 4 is 5.69 Å². The summed E-state index contributed by atoms with van der Waals surface area (Å²) in [6.07, 6.45) is -2.37. The van der Waals surface area contributed by atoms with Crippen LogP contribution in [0, 0.1) is 11.6 Å². The molecule has 1 aliphatic rings. The number of aliphatic hydroxyl groups is 1. The topological polar surface area (TPSA) is 63.4 Å². The molecule has 0 bridgehead atoms. The van der Waals surface area contributed by atoms with E-state index < -0.39 is 35.1 Å². The van der Waals surface area contributed by atoms with Crippen LogP contribution < -0.4 is 4.90 Å². The monoisotopic (exact) mass is 496 g/mol. The minimum atomic E-state index is -4.46. The third-order valence-corrected chi connectivity index (χ3v) is 6.33. The summed E-state index contributed by atoms with van der Waals surface area (Å²) >= 11 is 0. The summed E-state index contributed by atoms with van der Waals surface area (Å²) in [5.74, 6) is -1.71. The fourth-order valence-corrected chi connectivity index (χ4v) is 4.46. The number of halogens is 5. The molecule has 1 saturated heterocycles. The van der Waals surface area contributed by atoms with Crippen molar-refractivity contribution in [3.05, 3.63) is 77.9 Å². The number of benzene rings is 2. The van der Waals surface area contributed by atoms with Crippen LogP contribution in [-0.2, 0) is 23.1 Å². The Morgan fingerprint density at radius 1 is 1.09 bits per heavy atom. The summed E-state index contributed by atoms with van der Waals surface area (Å²) in [6, 6.07) is 8.32. The molecule has 11 heteroatoms. The van der Waals surface area contributed by atoms with Gasteiger partial charge in [0.2, 0.25) is 0 Å². The van der Waals surface area contributed by atoms with Crippen molar-refractivity contribution < 1.29 is 31.8 Å². The average Bonchev–Trinajstić information content (AvgIpc) is 3.31. The maximum absolute atomic E-state index is 14.7. The van der Waals surface area contributed by atoms with Crippen molar-refractivity contribution in [3.63, 3.8) is 0 Å². The first-order valence-corrected chi connectivity index (χ1v) is 11.1. The van der Waals surface area contributed by atoms with Crippen molar-refractivity contribution in [1.82, 2.24) is 14.8 Å². The first-order chi connectivity index (χ1) is 16.6. The second-order valence-corrected chi connectivity index (χ2v) is 8.62. The fourth-order valence-electron chi connectivity index (χ4n) is 4.46. The van der Waals surface area contributed by atoms with Gasteiger partial charge in [-0.05, 0) is 38.0 Å². The van der Waals surface area contributed by atoms with Gasteiger partial charge < -0.3 is 14.7 Å². The van der Waals surface area contributed by atoms with Crippen molar-refractivity contribution in [2.75, 3.05) is 18.0 Å². The molecule has 2 heterocycles. The third kappa shape index (κ3) is 5.46. The zero-order valence-electron chi connectivity index (χ0n) is 18.9. The van der Waals surface area contributed by atoms with E-state index in [1.54, 1.807) is 17.9 Å². The number of hydrogen-bond donors (Lipinski definition) is 1. The average molecular weight is 496 g/mol. The molecule has 4 rings (SSSR count). The van der Waals surface area contributed by atoms with E-state index in [9.17, 15) is 27.1 Å². The van der Waals surface area contributed by atoms with Gasteiger partial charge in [0.25, 0.3) is 0 Å². The van der Waals surface area contributed by atoms with Gasteiger partial charge in [-0.3, -0.25) is 0 Å². The number of alkyl halides is 3. The van der Waals surface area contributed by atoms with Crippen LogP contribution in [0.5, 0.6) is 0 Å². The van der Waals surface area contributed by atoms with E-state index in [0.717, 1.165) is 18.2 Å². The Morgan fingerprint density at radius 3 is 2.43 bits per heavy atom. The molecule has 1 fully saturated rings. The number of nitrogens with zero attached hydrogens (tertiary/aromatic N) is 4. The zero-order valence-corrected chi connectivity index (χ0v) is 18.9. The molecule has 1 aliphatic heterocycles. The molecule has 0 saturated carbocycles. The Bertz CT molecular complexity index is 1130. The van der Waals surface area contributed by atoms with Crippen LogP contribution in [0.2, 0.25) is 0 Å². The Hall–Kier alpha value is -3.05. The van der Waals surface area contributed by atoms with E-state index in [1.807, 2.05) is 0 Å². The molecule has 35 heavy (non-hydrogen) atoms. The summed E-state index contributed by atoms with van der Waals surface area (Å²) in [5, 5.41) is 15.5. The quantitative estimate of drug-likeness (QED) is 0.487. The van der Waals surface area contributed by atoms with Gasteiger partial charge in [0.1, 0.15) is 29.9 Å². The molecular weight excluding hydrogens is 471 g/mol. The SMILES string of the molecule is C[C@@H](OC1CCN(c2ccccc2C(F)(F)F)CC1)[C@](O)(Cn1cncn1)c1ccc(F)cc1F. The summed E-state index contributed by atoms with van der Waals surface area (Å²) < 4.78 is 75.9. The lowest BCUT2D eigenvalue weighted by Crippen LogP contribution is -2.47. The van der Waals surface area contributed by atoms with Crippen LogP contribution in [0.15, 0.2) is 55.1 Å². The lowest BCUT2D eigenvalue weighted by atomic mass is 9.87. The molecule has 0 unspecified atom stereocenters. The molecule has 0 amide bonds. The van der Waals surface area contributed by atoms with Gasteiger partial charge in [0, 0.05) is 30.4 Å². The summed E-state index contributed by atoms with van der Waals surface area (Å²) in [6.45, 7) is 2.01. The summed E-state index contributed by atoms with van der Waals surface area (Å²) in [4.78, 5) is 5.49. The molecular formula is C24H25F5N4O2. The Morgan fingerprint density at radius 2 is 1.80 bits per heavy atom. The number of anilines is 1. The molecule has 188 valence electrons. The van der Waals surface area contributed by atoms with E-state index >= 15 is 0 Å². The van der Waals surface area contributed by atoms with Crippen molar-refractivity contribution in [2.24, 2.45) is 0 Å². The molecule has 2 atom stereocenters. The molecule has 2 aromatic carbocycles. The van der Waals surface area contributed by atoms with E-state index in [4.69, 9.17) is 4.74 Å². The van der Waals surface area contributed by atoms with Crippen LogP contribution in [0.4, 0.5) is 27.6 Å². The van der Waals surface area contributed by atoms with Gasteiger partial charge >= 0.3 is 6.18 Å². The predicted octanol–water partition coefficient (Wildman–Crippen LogP) is 4.54. The van der Waals surface area contributed by atoms with Crippen LogP contribution in [0.3, 0.4) is 0 Å². The minimum absolute atomic E-state index is 0.113. The number of hydrogen-bond acceptors (Lipinski definition) is 5. The van der Waals surface area contributed by atoms with E-state index in [2.05, 4.69) is 10.1 Å². The van der Waals surface area contributed by atoms with Gasteiger partial charge in [0.15, 0.2) is 0 Å². The maximum Gasteiger partial charge on any atom is 0.418 e. The highest BCUT2D eigenvalue weighted by molar-refractivity contribution is 5.55. The smallest absolute Gasteiger partial charge is 0.380 e. The Kier molecular flexibility index (Phi) is 7.09. The molecule has 0 radical (unpaired) electrons. The molecule has 3 aromatic rings. The molecule has 1 N–H and O–H groups in total. The highest BCUT2D eigenvalue weighted by atomic mass is 19.4. The van der Waals surface area contributed by atoms with Crippen molar-refractivity contribution in [1.29, 1.82) is 0 Å². The summed E-state index contributed by atoms with van der Waals surface area (Å²) in [7, 11) is 0. The largest absolute Gasteiger partial charge is 0.418 e. The highest BCUT2D eigenvalue weighted by Gasteiger charge is 2.42. The molecule has 0 aliphatic carbocycles. The second-order valence-electron chi connectivity index (χ2n) is 8.62. The van der Waals surface area contributed by atoms with Crippen LogP contribution >= 0.6 is 0 Å². The van der Waals surface area contributed by atoms with Gasteiger partial charge in [-0.1, -0.05) is 18.2 Å². The van der Waals surface area contributed by atoms with Crippen LogP contribution in [0.25, 0.3) is 0 Å². The predicted molar refractivity (Wildman–Crippen MR) is 118 cm³/mol. The van der Waals surface area contributed by atoms with Crippen LogP contribution in [0.1, 0.15) is 30.9 Å². The van der Waals surface area contributed by atoms with Gasteiger partial charge in [-0.25, -0.2) is 18.4 Å². The number of para-hydroxylation sites is 1. The standard InChI is InChI=1S/C24H25F5N4O2/c1-16(23(34,13-33-15-30-14-31-33)19-7-6-17(25)12-21(19)26)35-18-8-10-32(11-9-18)22-5-3-2-4-20(22)24(27,28)29/h2-7,12,14-16,18,34H,8-11,13H2,1H3/t16-,23-/m1/s1. The Balaban J connectivity index is 1.49. The highest BCUT2D eigenvalue weighted by Crippen LogP contribution is 2.38. The van der Waals surface area contributed by atoms with Gasteiger partial charge in [0.05, 0.1) is 24.3 Å². The third-order valence-electron chi connectivity index (χ3n) is 6.33. The van der Waals surface area contributed by atoms with E-state index in [-0.39, 0.29) is 23.9 Å². The first-order valence-electron chi connectivity index (χ1n) is 11.1. The number of aromatic nitrogens is 3. The van der Waals surface area contributed by atoms with Crippen molar-refractivity contribution in [3.8, 4) is 0 Å². The summed E-state index contributed by atoms with van der Waals surface area (Å²) in [5.41, 5.74) is -2.64. The number of piperidine rings is 1. The van der Waals surface area contributed by atoms with Crippen molar-refractivity contribution in [2.45, 2.75) is 50.3 Å². The van der Waals surface area contributed by atoms with Crippen LogP contribution in [-0.4, -0.2) is 45.2 Å². The van der Waals surface area contributed by atoms with Gasteiger partial charge in [-0.2, -0.15) is 18.3 Å². The molecule has 6 nitrogen and oxygen atoms in total. The number of rotatable bonds is 7. The zero-order chi connectivity index (χ0) is 25.2.